The van der Waals surface area contributed by atoms with Gasteiger partial charge in [0.05, 0.1) is 5.52 Å². The van der Waals surface area contributed by atoms with E-state index in [-0.39, 0.29) is 5.56 Å². The van der Waals surface area contributed by atoms with Gasteiger partial charge in [-0.25, -0.2) is 0 Å². The van der Waals surface area contributed by atoms with Gasteiger partial charge in [-0.05, 0) is 29.1 Å². The molecule has 3 aromatic rings. The van der Waals surface area contributed by atoms with E-state index in [1.54, 1.807) is 4.57 Å². The summed E-state index contributed by atoms with van der Waals surface area (Å²) in [6.45, 7) is 5.63. The van der Waals surface area contributed by atoms with Gasteiger partial charge in [-0.2, -0.15) is 0 Å². The monoisotopic (exact) mass is 407 g/mol. The fraction of sp³-hybridized carbons (Fsp3) is 0.292. The zero-order valence-electron chi connectivity index (χ0n) is 16.7. The molecule has 0 saturated carbocycles. The second-order valence-corrected chi connectivity index (χ2v) is 8.06. The van der Waals surface area contributed by atoms with Gasteiger partial charge in [-0.1, -0.05) is 60.2 Å². The standard InChI is InChI=1S/C24H26ClN3O/c1-26-23-17-22(25)10-9-20(23)16-21(24(26)29)18-28-14-12-27(13-15-28)11-5-8-19-6-3-2-4-7-19/h2-10,16-17H,11-15,18H2,1H3/b8-5+. The van der Waals surface area contributed by atoms with E-state index in [9.17, 15) is 4.79 Å². The molecule has 1 aliphatic heterocycles. The molecule has 4 rings (SSSR count). The van der Waals surface area contributed by atoms with Crippen LogP contribution in [-0.2, 0) is 13.6 Å². The number of aryl methyl sites for hydroxylation is 1. The van der Waals surface area contributed by atoms with Crippen LogP contribution in [0.25, 0.3) is 17.0 Å². The third kappa shape index (κ3) is 4.78. The fourth-order valence-corrected chi connectivity index (χ4v) is 4.06. The summed E-state index contributed by atoms with van der Waals surface area (Å²) in [5.74, 6) is 0. The Morgan fingerprint density at radius 1 is 0.966 bits per heavy atom. The Kier molecular flexibility index (Phi) is 6.14. The van der Waals surface area contributed by atoms with Crippen molar-refractivity contribution in [1.29, 1.82) is 0 Å². The zero-order valence-corrected chi connectivity index (χ0v) is 17.5. The molecular formula is C24H26ClN3O. The van der Waals surface area contributed by atoms with E-state index in [4.69, 9.17) is 11.6 Å². The van der Waals surface area contributed by atoms with E-state index >= 15 is 0 Å². The predicted octanol–water partition coefficient (Wildman–Crippen LogP) is 4.02. The van der Waals surface area contributed by atoms with Crippen molar-refractivity contribution in [3.8, 4) is 0 Å². The van der Waals surface area contributed by atoms with Gasteiger partial charge in [0.2, 0.25) is 0 Å². The normalized spacial score (nSPS) is 16.1. The highest BCUT2D eigenvalue weighted by atomic mass is 35.5. The molecule has 1 aromatic heterocycles. The van der Waals surface area contributed by atoms with Crippen molar-refractivity contribution in [2.24, 2.45) is 7.05 Å². The van der Waals surface area contributed by atoms with Crippen molar-refractivity contribution in [1.82, 2.24) is 14.4 Å². The Labute approximate surface area is 176 Å². The van der Waals surface area contributed by atoms with E-state index in [1.165, 1.54) is 5.56 Å². The smallest absolute Gasteiger partial charge is 0.255 e. The van der Waals surface area contributed by atoms with Crippen LogP contribution >= 0.6 is 11.6 Å². The molecule has 4 nitrogen and oxygen atoms in total. The third-order valence-electron chi connectivity index (χ3n) is 5.60. The summed E-state index contributed by atoms with van der Waals surface area (Å²) >= 11 is 6.09. The van der Waals surface area contributed by atoms with Gasteiger partial charge in [-0.15, -0.1) is 0 Å². The minimum atomic E-state index is 0.0630. The number of halogens is 1. The fourth-order valence-electron chi connectivity index (χ4n) is 3.89. The van der Waals surface area contributed by atoms with Gasteiger partial charge in [0.25, 0.3) is 5.56 Å². The molecule has 2 aromatic carbocycles. The topological polar surface area (TPSA) is 28.5 Å². The molecule has 2 heterocycles. The van der Waals surface area contributed by atoms with E-state index in [0.29, 0.717) is 11.6 Å². The maximum atomic E-state index is 12.8. The van der Waals surface area contributed by atoms with Crippen molar-refractivity contribution in [3.05, 3.63) is 87.2 Å². The number of benzene rings is 2. The third-order valence-corrected chi connectivity index (χ3v) is 5.83. The van der Waals surface area contributed by atoms with Gasteiger partial charge >= 0.3 is 0 Å². The molecule has 5 heteroatoms. The van der Waals surface area contributed by atoms with Crippen LogP contribution in [0.1, 0.15) is 11.1 Å². The van der Waals surface area contributed by atoms with Gasteiger partial charge in [0.1, 0.15) is 0 Å². The largest absolute Gasteiger partial charge is 0.311 e. The number of hydrogen-bond donors (Lipinski definition) is 0. The van der Waals surface area contributed by atoms with Gasteiger partial charge in [0.15, 0.2) is 0 Å². The minimum absolute atomic E-state index is 0.0630. The van der Waals surface area contributed by atoms with Crippen molar-refractivity contribution < 1.29 is 0 Å². The second kappa shape index (κ2) is 8.95. The maximum Gasteiger partial charge on any atom is 0.255 e. The van der Waals surface area contributed by atoms with Crippen LogP contribution in [0.15, 0.2) is 65.5 Å². The zero-order chi connectivity index (χ0) is 20.2. The predicted molar refractivity (Wildman–Crippen MR) is 121 cm³/mol. The summed E-state index contributed by atoms with van der Waals surface area (Å²) in [5.41, 5.74) is 3.02. The molecule has 0 spiro atoms. The average molecular weight is 408 g/mol. The van der Waals surface area contributed by atoms with E-state index in [2.05, 4.69) is 46.2 Å². The lowest BCUT2D eigenvalue weighted by Gasteiger charge is -2.34. The number of aromatic nitrogens is 1. The van der Waals surface area contributed by atoms with E-state index in [0.717, 1.165) is 49.2 Å². The van der Waals surface area contributed by atoms with Gasteiger partial charge in [-0.3, -0.25) is 14.6 Å². The molecule has 1 fully saturated rings. The highest BCUT2D eigenvalue weighted by Gasteiger charge is 2.18. The molecule has 0 N–H and O–H groups in total. The first-order valence-corrected chi connectivity index (χ1v) is 10.4. The molecule has 1 aliphatic rings. The Morgan fingerprint density at radius 2 is 1.69 bits per heavy atom. The Bertz CT molecular complexity index is 1070. The summed E-state index contributed by atoms with van der Waals surface area (Å²) in [5, 5.41) is 1.70. The summed E-state index contributed by atoms with van der Waals surface area (Å²) in [7, 11) is 1.82. The summed E-state index contributed by atoms with van der Waals surface area (Å²) in [4.78, 5) is 17.6. The van der Waals surface area contributed by atoms with Crippen LogP contribution in [0.4, 0.5) is 0 Å². The van der Waals surface area contributed by atoms with Crippen LogP contribution in [-0.4, -0.2) is 47.1 Å². The molecule has 29 heavy (non-hydrogen) atoms. The molecule has 150 valence electrons. The number of pyridine rings is 1. The quantitative estimate of drug-likeness (QED) is 0.639. The number of rotatable bonds is 5. The molecule has 0 radical (unpaired) electrons. The number of nitrogens with zero attached hydrogens (tertiary/aromatic N) is 3. The second-order valence-electron chi connectivity index (χ2n) is 7.63. The SMILES string of the molecule is Cn1c(=O)c(CN2CCN(C/C=C/c3ccccc3)CC2)cc2ccc(Cl)cc21. The molecule has 0 amide bonds. The molecular weight excluding hydrogens is 382 g/mol. The van der Waals surface area contributed by atoms with Crippen molar-refractivity contribution in [3.63, 3.8) is 0 Å². The highest BCUT2D eigenvalue weighted by molar-refractivity contribution is 6.31. The average Bonchev–Trinajstić information content (AvgIpc) is 2.74. The van der Waals surface area contributed by atoms with Gasteiger partial charge < -0.3 is 4.57 Å². The van der Waals surface area contributed by atoms with Crippen LogP contribution in [0.5, 0.6) is 0 Å². The molecule has 0 unspecified atom stereocenters. The van der Waals surface area contributed by atoms with Crippen LogP contribution in [0, 0.1) is 0 Å². The van der Waals surface area contributed by atoms with E-state index < -0.39 is 0 Å². The Balaban J connectivity index is 1.36. The highest BCUT2D eigenvalue weighted by Crippen LogP contribution is 2.19. The molecule has 0 bridgehead atoms. The van der Waals surface area contributed by atoms with Crippen LogP contribution < -0.4 is 5.56 Å². The van der Waals surface area contributed by atoms with Crippen molar-refractivity contribution in [2.45, 2.75) is 6.54 Å². The Morgan fingerprint density at radius 3 is 2.45 bits per heavy atom. The lowest BCUT2D eigenvalue weighted by Crippen LogP contribution is -2.46. The van der Waals surface area contributed by atoms with Crippen LogP contribution in [0.2, 0.25) is 5.02 Å². The lowest BCUT2D eigenvalue weighted by molar-refractivity contribution is 0.136. The lowest BCUT2D eigenvalue weighted by atomic mass is 10.1. The Hall–Kier alpha value is -2.40. The van der Waals surface area contributed by atoms with Crippen molar-refractivity contribution >= 4 is 28.6 Å². The first-order valence-electron chi connectivity index (χ1n) is 10.0. The summed E-state index contributed by atoms with van der Waals surface area (Å²) in [6, 6.07) is 18.1. The number of piperazine rings is 1. The first kappa shape index (κ1) is 19.9. The minimum Gasteiger partial charge on any atom is -0.311 e. The molecule has 0 aliphatic carbocycles. The van der Waals surface area contributed by atoms with E-state index in [1.807, 2.05) is 37.4 Å². The summed E-state index contributed by atoms with van der Waals surface area (Å²) in [6.07, 6.45) is 4.41. The van der Waals surface area contributed by atoms with Gasteiger partial charge in [0, 0.05) is 56.9 Å². The molecule has 0 atom stereocenters. The first-order chi connectivity index (χ1) is 14.1. The van der Waals surface area contributed by atoms with Crippen molar-refractivity contribution in [2.75, 3.05) is 32.7 Å². The number of fused-ring (bicyclic) bond motifs is 1. The summed E-state index contributed by atoms with van der Waals surface area (Å²) < 4.78 is 1.71. The number of hydrogen-bond acceptors (Lipinski definition) is 3. The van der Waals surface area contributed by atoms with Crippen LogP contribution in [0.3, 0.4) is 0 Å². The molecule has 1 saturated heterocycles. The maximum absolute atomic E-state index is 12.8.